The van der Waals surface area contributed by atoms with Gasteiger partial charge >= 0.3 is 0 Å². The lowest BCUT2D eigenvalue weighted by atomic mass is 10.1. The van der Waals surface area contributed by atoms with Crippen molar-refractivity contribution in [2.75, 3.05) is 13.2 Å². The van der Waals surface area contributed by atoms with E-state index in [2.05, 4.69) is 25.1 Å². The van der Waals surface area contributed by atoms with Gasteiger partial charge in [0.2, 0.25) is 0 Å². The molecular formula is C19H16O3S2. The molecule has 1 aromatic carbocycles. The number of hydrogen-bond acceptors (Lipinski definition) is 5. The van der Waals surface area contributed by atoms with Crippen LogP contribution in [0.5, 0.6) is 0 Å². The van der Waals surface area contributed by atoms with E-state index in [1.165, 1.54) is 20.2 Å². The molecule has 1 saturated heterocycles. The maximum absolute atomic E-state index is 10.8. The predicted molar refractivity (Wildman–Crippen MR) is 97.8 cm³/mol. The van der Waals surface area contributed by atoms with Gasteiger partial charge < -0.3 is 9.47 Å². The third-order valence-electron chi connectivity index (χ3n) is 3.95. The van der Waals surface area contributed by atoms with E-state index in [9.17, 15) is 4.79 Å². The lowest BCUT2D eigenvalue weighted by Gasteiger charge is -2.04. The van der Waals surface area contributed by atoms with Crippen molar-refractivity contribution in [3.05, 3.63) is 58.5 Å². The maximum atomic E-state index is 10.8. The van der Waals surface area contributed by atoms with Crippen LogP contribution in [0, 0.1) is 6.92 Å². The highest BCUT2D eigenvalue weighted by Crippen LogP contribution is 2.42. The lowest BCUT2D eigenvalue weighted by molar-refractivity contribution is -0.0413. The molecule has 0 amide bonds. The molecule has 1 fully saturated rings. The summed E-state index contributed by atoms with van der Waals surface area (Å²) in [5.74, 6) is 0. The molecule has 0 N–H and O–H groups in total. The second-order valence-corrected chi connectivity index (χ2v) is 7.81. The highest BCUT2D eigenvalue weighted by Gasteiger charge is 2.21. The Morgan fingerprint density at radius 2 is 1.75 bits per heavy atom. The molecule has 0 bridgehead atoms. The molecule has 3 aromatic rings. The summed E-state index contributed by atoms with van der Waals surface area (Å²) < 4.78 is 11.1. The van der Waals surface area contributed by atoms with Crippen LogP contribution in [0.2, 0.25) is 0 Å². The number of thiophene rings is 2. The molecular weight excluding hydrogens is 340 g/mol. The van der Waals surface area contributed by atoms with E-state index in [1.54, 1.807) is 22.7 Å². The SMILES string of the molecule is Cc1cc(-c2ccc(C3OCCO3)s2)sc1-c1ccc(C=O)cc1. The molecule has 0 radical (unpaired) electrons. The third-order valence-corrected chi connectivity index (χ3v) is 6.54. The van der Waals surface area contributed by atoms with Gasteiger partial charge in [0.25, 0.3) is 0 Å². The summed E-state index contributed by atoms with van der Waals surface area (Å²) >= 11 is 3.50. The largest absolute Gasteiger partial charge is 0.345 e. The first-order valence-corrected chi connectivity index (χ1v) is 9.37. The van der Waals surface area contributed by atoms with Crippen LogP contribution in [0.15, 0.2) is 42.5 Å². The Balaban J connectivity index is 1.64. The van der Waals surface area contributed by atoms with E-state index >= 15 is 0 Å². The summed E-state index contributed by atoms with van der Waals surface area (Å²) in [6, 6.07) is 14.2. The first-order valence-electron chi connectivity index (χ1n) is 7.74. The molecule has 3 nitrogen and oxygen atoms in total. The Morgan fingerprint density at radius 3 is 2.46 bits per heavy atom. The van der Waals surface area contributed by atoms with Gasteiger partial charge in [0.05, 0.1) is 18.1 Å². The fourth-order valence-corrected chi connectivity index (χ4v) is 5.00. The van der Waals surface area contributed by atoms with E-state index in [1.807, 2.05) is 24.3 Å². The number of carbonyl (C=O) groups is 1. The smallest absolute Gasteiger partial charge is 0.193 e. The predicted octanol–water partition coefficient (Wildman–Crippen LogP) is 5.31. The number of hydrogen-bond donors (Lipinski definition) is 0. The molecule has 0 aliphatic carbocycles. The molecule has 0 atom stereocenters. The summed E-state index contributed by atoms with van der Waals surface area (Å²) in [4.78, 5) is 15.6. The summed E-state index contributed by atoms with van der Waals surface area (Å²) in [6.07, 6.45) is 0.664. The standard InChI is InChI=1S/C19H16O3S2/c1-12-10-17(15-6-7-16(23-15)19-21-8-9-22-19)24-18(12)14-4-2-13(11-20)3-5-14/h2-7,10-11,19H,8-9H2,1H3. The van der Waals surface area contributed by atoms with Gasteiger partial charge in [0.1, 0.15) is 6.29 Å². The molecule has 3 heterocycles. The zero-order valence-electron chi connectivity index (χ0n) is 13.2. The van der Waals surface area contributed by atoms with Crippen molar-refractivity contribution < 1.29 is 14.3 Å². The van der Waals surface area contributed by atoms with Gasteiger partial charge in [-0.2, -0.15) is 0 Å². The van der Waals surface area contributed by atoms with E-state index in [0.29, 0.717) is 18.8 Å². The third kappa shape index (κ3) is 2.96. The normalized spacial score (nSPS) is 15.0. The van der Waals surface area contributed by atoms with Gasteiger partial charge in [-0.05, 0) is 36.2 Å². The Hall–Kier alpha value is -1.79. The van der Waals surface area contributed by atoms with Crippen molar-refractivity contribution >= 4 is 29.0 Å². The Morgan fingerprint density at radius 1 is 1.00 bits per heavy atom. The fraction of sp³-hybridized carbons (Fsp3) is 0.211. The first kappa shape index (κ1) is 15.7. The minimum Gasteiger partial charge on any atom is -0.345 e. The van der Waals surface area contributed by atoms with E-state index in [4.69, 9.17) is 9.47 Å². The number of benzene rings is 1. The second-order valence-electron chi connectivity index (χ2n) is 5.64. The van der Waals surface area contributed by atoms with E-state index in [0.717, 1.165) is 16.7 Å². The second kappa shape index (κ2) is 6.61. The minimum atomic E-state index is -0.208. The van der Waals surface area contributed by atoms with E-state index in [-0.39, 0.29) is 6.29 Å². The number of aryl methyl sites for hydroxylation is 1. The molecule has 1 aliphatic heterocycles. The van der Waals surface area contributed by atoms with Crippen molar-refractivity contribution in [3.8, 4) is 20.2 Å². The van der Waals surface area contributed by atoms with E-state index < -0.39 is 0 Å². The zero-order chi connectivity index (χ0) is 16.5. The Bertz CT molecular complexity index is 855. The Labute approximate surface area is 148 Å². The summed E-state index contributed by atoms with van der Waals surface area (Å²) in [7, 11) is 0. The topological polar surface area (TPSA) is 35.5 Å². The van der Waals surface area contributed by atoms with Gasteiger partial charge in [-0.15, -0.1) is 22.7 Å². The number of rotatable bonds is 4. The summed E-state index contributed by atoms with van der Waals surface area (Å²) in [5, 5.41) is 0. The molecule has 1 aliphatic rings. The maximum Gasteiger partial charge on any atom is 0.193 e. The quantitative estimate of drug-likeness (QED) is 0.594. The first-order chi connectivity index (χ1) is 11.7. The van der Waals surface area contributed by atoms with Crippen LogP contribution in [-0.2, 0) is 9.47 Å². The van der Waals surface area contributed by atoms with Crippen molar-refractivity contribution in [1.29, 1.82) is 0 Å². The van der Waals surface area contributed by atoms with Crippen molar-refractivity contribution in [1.82, 2.24) is 0 Å². The van der Waals surface area contributed by atoms with Crippen LogP contribution in [0.3, 0.4) is 0 Å². The monoisotopic (exact) mass is 356 g/mol. The molecule has 122 valence electrons. The van der Waals surface area contributed by atoms with Crippen molar-refractivity contribution in [3.63, 3.8) is 0 Å². The molecule has 0 unspecified atom stereocenters. The van der Waals surface area contributed by atoms with Crippen LogP contribution in [0.25, 0.3) is 20.2 Å². The average Bonchev–Trinajstić information content (AvgIpc) is 3.34. The highest BCUT2D eigenvalue weighted by molar-refractivity contribution is 7.24. The Kier molecular flexibility index (Phi) is 4.33. The van der Waals surface area contributed by atoms with Crippen LogP contribution < -0.4 is 0 Å². The van der Waals surface area contributed by atoms with Gasteiger partial charge in [-0.1, -0.05) is 24.3 Å². The lowest BCUT2D eigenvalue weighted by Crippen LogP contribution is -1.93. The molecule has 0 saturated carbocycles. The summed E-state index contributed by atoms with van der Waals surface area (Å²) in [5.41, 5.74) is 3.10. The van der Waals surface area contributed by atoms with Crippen LogP contribution >= 0.6 is 22.7 Å². The molecule has 0 spiro atoms. The van der Waals surface area contributed by atoms with Crippen molar-refractivity contribution in [2.45, 2.75) is 13.2 Å². The van der Waals surface area contributed by atoms with Gasteiger partial charge in [0.15, 0.2) is 6.29 Å². The minimum absolute atomic E-state index is 0.208. The van der Waals surface area contributed by atoms with Gasteiger partial charge in [0, 0.05) is 20.2 Å². The number of carbonyl (C=O) groups excluding carboxylic acids is 1. The molecule has 5 heteroatoms. The fourth-order valence-electron chi connectivity index (χ4n) is 2.74. The van der Waals surface area contributed by atoms with Crippen LogP contribution in [-0.4, -0.2) is 19.5 Å². The van der Waals surface area contributed by atoms with Crippen LogP contribution in [0.1, 0.15) is 27.1 Å². The number of aldehydes is 1. The number of ether oxygens (including phenoxy) is 2. The van der Waals surface area contributed by atoms with Gasteiger partial charge in [-0.25, -0.2) is 0 Å². The molecule has 4 rings (SSSR count). The zero-order valence-corrected chi connectivity index (χ0v) is 14.8. The van der Waals surface area contributed by atoms with Gasteiger partial charge in [-0.3, -0.25) is 4.79 Å². The van der Waals surface area contributed by atoms with Crippen LogP contribution in [0.4, 0.5) is 0 Å². The average molecular weight is 356 g/mol. The summed E-state index contributed by atoms with van der Waals surface area (Å²) in [6.45, 7) is 3.45. The highest BCUT2D eigenvalue weighted by atomic mass is 32.1. The molecule has 24 heavy (non-hydrogen) atoms. The van der Waals surface area contributed by atoms with Crippen molar-refractivity contribution in [2.24, 2.45) is 0 Å². The molecule has 2 aromatic heterocycles.